The van der Waals surface area contributed by atoms with Gasteiger partial charge in [0.25, 0.3) is 0 Å². The molecule has 0 amide bonds. The molecular weight excluding hydrogens is 218 g/mol. The molecule has 1 atom stereocenters. The van der Waals surface area contributed by atoms with Gasteiger partial charge in [0, 0.05) is 12.4 Å². The van der Waals surface area contributed by atoms with E-state index in [4.69, 9.17) is 0 Å². The van der Waals surface area contributed by atoms with Crippen LogP contribution in [0.25, 0.3) is 0 Å². The Bertz CT molecular complexity index is 487. The van der Waals surface area contributed by atoms with E-state index >= 15 is 0 Å². The van der Waals surface area contributed by atoms with Gasteiger partial charge in [0.1, 0.15) is 11.4 Å². The van der Waals surface area contributed by atoms with Crippen molar-refractivity contribution in [1.82, 2.24) is 14.9 Å². The molecule has 0 aromatic carbocycles. The standard InChI is InChI=1S/C12H17N3O2/c1-8(2)12(16)10-4-5-15(6-10)7-11-9(3)13-17-14-11/h4-6,8,12,16H,7H2,1-3H3. The van der Waals surface area contributed by atoms with Crippen LogP contribution in [0.15, 0.2) is 23.1 Å². The minimum atomic E-state index is -0.423. The summed E-state index contributed by atoms with van der Waals surface area (Å²) >= 11 is 0. The number of hydrogen-bond donors (Lipinski definition) is 1. The topological polar surface area (TPSA) is 64.1 Å². The third kappa shape index (κ3) is 2.55. The SMILES string of the molecule is Cc1nonc1Cn1ccc(C(O)C(C)C)c1. The summed E-state index contributed by atoms with van der Waals surface area (Å²) in [5.74, 6) is 0.210. The summed E-state index contributed by atoms with van der Waals surface area (Å²) in [7, 11) is 0. The lowest BCUT2D eigenvalue weighted by Gasteiger charge is -2.12. The second kappa shape index (κ2) is 4.71. The number of nitrogens with zero attached hydrogens (tertiary/aromatic N) is 3. The van der Waals surface area contributed by atoms with Crippen LogP contribution in [0.1, 0.15) is 36.9 Å². The van der Waals surface area contributed by atoms with Crippen molar-refractivity contribution in [2.45, 2.75) is 33.4 Å². The van der Waals surface area contributed by atoms with E-state index in [0.29, 0.717) is 6.54 Å². The summed E-state index contributed by atoms with van der Waals surface area (Å²) in [6.07, 6.45) is 3.43. The van der Waals surface area contributed by atoms with Gasteiger partial charge in [-0.3, -0.25) is 0 Å². The second-order valence-electron chi connectivity index (χ2n) is 4.60. The Labute approximate surface area is 100 Å². The lowest BCUT2D eigenvalue weighted by molar-refractivity contribution is 0.127. The molecule has 2 aromatic heterocycles. The van der Waals surface area contributed by atoms with Crippen molar-refractivity contribution >= 4 is 0 Å². The van der Waals surface area contributed by atoms with Gasteiger partial charge in [-0.2, -0.15) is 0 Å². The number of rotatable bonds is 4. The first-order valence-corrected chi connectivity index (χ1v) is 5.69. The van der Waals surface area contributed by atoms with E-state index < -0.39 is 6.10 Å². The van der Waals surface area contributed by atoms with Gasteiger partial charge in [0.05, 0.1) is 12.6 Å². The molecule has 2 aromatic rings. The molecule has 5 nitrogen and oxygen atoms in total. The summed E-state index contributed by atoms with van der Waals surface area (Å²) in [5, 5.41) is 17.5. The fourth-order valence-electron chi connectivity index (χ4n) is 1.68. The maximum absolute atomic E-state index is 9.93. The normalized spacial score (nSPS) is 13.2. The minimum absolute atomic E-state index is 0.210. The molecule has 0 spiro atoms. The van der Waals surface area contributed by atoms with Gasteiger partial charge in [0.15, 0.2) is 0 Å². The molecule has 0 saturated heterocycles. The van der Waals surface area contributed by atoms with E-state index in [2.05, 4.69) is 14.9 Å². The Hall–Kier alpha value is -1.62. The van der Waals surface area contributed by atoms with Gasteiger partial charge in [0.2, 0.25) is 0 Å². The molecule has 0 aliphatic heterocycles. The van der Waals surface area contributed by atoms with Crippen molar-refractivity contribution in [3.63, 3.8) is 0 Å². The molecule has 0 aliphatic carbocycles. The number of aryl methyl sites for hydroxylation is 1. The van der Waals surface area contributed by atoms with Crippen LogP contribution in [-0.4, -0.2) is 20.0 Å². The van der Waals surface area contributed by atoms with Crippen LogP contribution in [0.5, 0.6) is 0 Å². The van der Waals surface area contributed by atoms with Crippen molar-refractivity contribution < 1.29 is 9.74 Å². The fourth-order valence-corrected chi connectivity index (χ4v) is 1.68. The third-order valence-corrected chi connectivity index (χ3v) is 2.83. The molecular formula is C12H17N3O2. The molecule has 2 rings (SSSR count). The van der Waals surface area contributed by atoms with Gasteiger partial charge < -0.3 is 9.67 Å². The monoisotopic (exact) mass is 235 g/mol. The zero-order valence-electron chi connectivity index (χ0n) is 10.3. The first kappa shape index (κ1) is 11.9. The van der Waals surface area contributed by atoms with Crippen molar-refractivity contribution in [2.75, 3.05) is 0 Å². The van der Waals surface area contributed by atoms with Crippen LogP contribution >= 0.6 is 0 Å². The van der Waals surface area contributed by atoms with E-state index in [9.17, 15) is 5.11 Å². The molecule has 0 fully saturated rings. The summed E-state index contributed by atoms with van der Waals surface area (Å²) in [4.78, 5) is 0. The fraction of sp³-hybridized carbons (Fsp3) is 0.500. The molecule has 2 heterocycles. The highest BCUT2D eigenvalue weighted by Gasteiger charge is 2.13. The van der Waals surface area contributed by atoms with Gasteiger partial charge in [-0.05, 0) is 24.5 Å². The summed E-state index contributed by atoms with van der Waals surface area (Å²) in [5.41, 5.74) is 2.53. The average molecular weight is 235 g/mol. The number of hydrogen-bond acceptors (Lipinski definition) is 4. The van der Waals surface area contributed by atoms with E-state index in [-0.39, 0.29) is 5.92 Å². The predicted molar refractivity (Wildman–Crippen MR) is 62.4 cm³/mol. The Kier molecular flexibility index (Phi) is 3.28. The number of aliphatic hydroxyl groups is 1. The van der Waals surface area contributed by atoms with Crippen LogP contribution < -0.4 is 0 Å². The van der Waals surface area contributed by atoms with E-state index in [1.165, 1.54) is 0 Å². The van der Waals surface area contributed by atoms with Crippen molar-refractivity contribution in [3.05, 3.63) is 35.4 Å². The Balaban J connectivity index is 2.11. The third-order valence-electron chi connectivity index (χ3n) is 2.83. The lowest BCUT2D eigenvalue weighted by Crippen LogP contribution is -2.04. The number of aromatic nitrogens is 3. The molecule has 1 N–H and O–H groups in total. The van der Waals surface area contributed by atoms with Crippen LogP contribution in [0.2, 0.25) is 0 Å². The van der Waals surface area contributed by atoms with Crippen molar-refractivity contribution in [3.8, 4) is 0 Å². The van der Waals surface area contributed by atoms with Crippen LogP contribution in [0.4, 0.5) is 0 Å². The Morgan fingerprint density at radius 2 is 2.18 bits per heavy atom. The molecule has 0 aliphatic rings. The predicted octanol–water partition coefficient (Wildman–Crippen LogP) is 1.92. The van der Waals surface area contributed by atoms with Crippen molar-refractivity contribution in [2.24, 2.45) is 5.92 Å². The highest BCUT2D eigenvalue weighted by atomic mass is 16.6. The van der Waals surface area contributed by atoms with E-state index in [1.807, 2.05) is 43.8 Å². The molecule has 0 radical (unpaired) electrons. The largest absolute Gasteiger partial charge is 0.388 e. The van der Waals surface area contributed by atoms with E-state index in [1.54, 1.807) is 0 Å². The molecule has 5 heteroatoms. The molecule has 0 bridgehead atoms. The smallest absolute Gasteiger partial charge is 0.127 e. The quantitative estimate of drug-likeness (QED) is 0.879. The van der Waals surface area contributed by atoms with Gasteiger partial charge in [-0.1, -0.05) is 24.2 Å². The maximum atomic E-state index is 9.93. The maximum Gasteiger partial charge on any atom is 0.127 e. The van der Waals surface area contributed by atoms with Gasteiger partial charge in [-0.25, -0.2) is 4.63 Å². The Morgan fingerprint density at radius 1 is 1.41 bits per heavy atom. The van der Waals surface area contributed by atoms with E-state index in [0.717, 1.165) is 17.0 Å². The Morgan fingerprint density at radius 3 is 2.76 bits per heavy atom. The second-order valence-corrected chi connectivity index (χ2v) is 4.60. The minimum Gasteiger partial charge on any atom is -0.388 e. The molecule has 1 unspecified atom stereocenters. The molecule has 92 valence electrons. The summed E-state index contributed by atoms with van der Waals surface area (Å²) in [6, 6.07) is 1.92. The van der Waals surface area contributed by atoms with Crippen LogP contribution in [0.3, 0.4) is 0 Å². The zero-order valence-corrected chi connectivity index (χ0v) is 10.3. The highest BCUT2D eigenvalue weighted by Crippen LogP contribution is 2.21. The first-order valence-electron chi connectivity index (χ1n) is 5.69. The van der Waals surface area contributed by atoms with Crippen molar-refractivity contribution in [1.29, 1.82) is 0 Å². The van der Waals surface area contributed by atoms with Gasteiger partial charge in [-0.15, -0.1) is 0 Å². The molecule has 0 saturated carbocycles. The van der Waals surface area contributed by atoms with Crippen LogP contribution in [-0.2, 0) is 6.54 Å². The number of aliphatic hydroxyl groups excluding tert-OH is 1. The van der Waals surface area contributed by atoms with Crippen LogP contribution in [0, 0.1) is 12.8 Å². The lowest BCUT2D eigenvalue weighted by atomic mass is 10.0. The first-order chi connectivity index (χ1) is 8.08. The molecule has 17 heavy (non-hydrogen) atoms. The highest BCUT2D eigenvalue weighted by molar-refractivity contribution is 5.16. The summed E-state index contributed by atoms with van der Waals surface area (Å²) < 4.78 is 6.61. The van der Waals surface area contributed by atoms with Gasteiger partial charge >= 0.3 is 0 Å². The summed E-state index contributed by atoms with van der Waals surface area (Å²) in [6.45, 7) is 6.46. The average Bonchev–Trinajstić information content (AvgIpc) is 2.88. The zero-order chi connectivity index (χ0) is 12.4.